The predicted molar refractivity (Wildman–Crippen MR) is 73.4 cm³/mol. The monoisotopic (exact) mass is 382 g/mol. The molecule has 1 nitrogen and oxygen atoms in total. The van der Waals surface area contributed by atoms with E-state index in [1.54, 1.807) is 11.3 Å². The third kappa shape index (κ3) is 2.06. The molecule has 0 radical (unpaired) electrons. The van der Waals surface area contributed by atoms with Gasteiger partial charge < -0.3 is 4.74 Å². The minimum Gasteiger partial charge on any atom is -0.493 e. The van der Waals surface area contributed by atoms with Crippen molar-refractivity contribution in [3.8, 4) is 5.75 Å². The molecule has 2 rings (SSSR count). The summed E-state index contributed by atoms with van der Waals surface area (Å²) >= 11 is 7.54. The van der Waals surface area contributed by atoms with Crippen molar-refractivity contribution in [2.24, 2.45) is 0 Å². The lowest BCUT2D eigenvalue weighted by Gasteiger charge is -2.05. The zero-order valence-corrected chi connectivity index (χ0v) is 12.1. The van der Waals surface area contributed by atoms with Crippen LogP contribution in [0.1, 0.15) is 6.92 Å². The maximum Gasteiger partial charge on any atom is 0.133 e. The number of hydrogen-bond donors (Lipinski definition) is 0. The average Bonchev–Trinajstić information content (AvgIpc) is 2.45. The van der Waals surface area contributed by atoms with Gasteiger partial charge in [-0.15, -0.1) is 11.3 Å². The van der Waals surface area contributed by atoms with Crippen LogP contribution in [0.25, 0.3) is 10.1 Å². The lowest BCUT2D eigenvalue weighted by atomic mass is 10.2. The van der Waals surface area contributed by atoms with Gasteiger partial charge >= 0.3 is 0 Å². The Kier molecular flexibility index (Phi) is 3.34. The molecule has 0 saturated carbocycles. The molecule has 4 heteroatoms. The summed E-state index contributed by atoms with van der Waals surface area (Å²) in [5, 5.41) is 1.24. The van der Waals surface area contributed by atoms with Gasteiger partial charge in [0, 0.05) is 4.70 Å². The molecule has 0 saturated heterocycles. The van der Waals surface area contributed by atoms with Crippen LogP contribution >= 0.6 is 49.9 Å². The topological polar surface area (TPSA) is 9.23 Å². The highest BCUT2D eigenvalue weighted by atomic mass is 127. The first-order valence-corrected chi connectivity index (χ1v) is 6.91. The average molecular weight is 383 g/mol. The molecule has 74 valence electrons. The minimum atomic E-state index is 0.715. The molecule has 1 heterocycles. The number of ether oxygens (including phenoxy) is 1. The first-order valence-electron chi connectivity index (χ1n) is 4.22. The first-order chi connectivity index (χ1) is 6.70. The van der Waals surface area contributed by atoms with E-state index >= 15 is 0 Å². The van der Waals surface area contributed by atoms with Crippen LogP contribution in [-0.2, 0) is 0 Å². The van der Waals surface area contributed by atoms with Gasteiger partial charge in [-0.3, -0.25) is 0 Å². The smallest absolute Gasteiger partial charge is 0.133 e. The van der Waals surface area contributed by atoms with Gasteiger partial charge in [0.25, 0.3) is 0 Å². The molecular weight excluding hydrogens is 375 g/mol. The highest BCUT2D eigenvalue weighted by Gasteiger charge is 2.05. The second kappa shape index (κ2) is 4.37. The Balaban J connectivity index is 2.58. The van der Waals surface area contributed by atoms with Gasteiger partial charge in [0.1, 0.15) is 5.75 Å². The van der Waals surface area contributed by atoms with Crippen LogP contribution in [-0.4, -0.2) is 6.61 Å². The van der Waals surface area contributed by atoms with Crippen molar-refractivity contribution in [2.45, 2.75) is 6.92 Å². The number of halogens is 2. The Labute approximate surface area is 109 Å². The van der Waals surface area contributed by atoms with Gasteiger partial charge in [-0.1, -0.05) is 0 Å². The van der Waals surface area contributed by atoms with Crippen molar-refractivity contribution in [3.63, 3.8) is 0 Å². The van der Waals surface area contributed by atoms with Crippen LogP contribution in [0.4, 0.5) is 0 Å². The standard InChI is InChI=1S/C10H8BrIOS/c1-2-13-8-3-6-4-10(11)14-9(6)5-7(8)12/h3-5H,2H2,1H3. The lowest BCUT2D eigenvalue weighted by Crippen LogP contribution is -1.93. The first kappa shape index (κ1) is 10.7. The number of thiophene rings is 1. The normalized spacial score (nSPS) is 10.8. The van der Waals surface area contributed by atoms with E-state index in [1.807, 2.05) is 6.92 Å². The molecule has 14 heavy (non-hydrogen) atoms. The SMILES string of the molecule is CCOc1cc2cc(Br)sc2cc1I. The summed E-state index contributed by atoms with van der Waals surface area (Å²) in [6, 6.07) is 6.39. The zero-order valence-electron chi connectivity index (χ0n) is 7.51. The minimum absolute atomic E-state index is 0.715. The summed E-state index contributed by atoms with van der Waals surface area (Å²) in [6.07, 6.45) is 0. The summed E-state index contributed by atoms with van der Waals surface area (Å²) < 4.78 is 9.17. The van der Waals surface area contributed by atoms with Gasteiger partial charge in [0.2, 0.25) is 0 Å². The maximum atomic E-state index is 5.54. The number of fused-ring (bicyclic) bond motifs is 1. The molecule has 0 N–H and O–H groups in total. The lowest BCUT2D eigenvalue weighted by molar-refractivity contribution is 0.338. The van der Waals surface area contributed by atoms with Gasteiger partial charge in [0.05, 0.1) is 14.0 Å². The van der Waals surface area contributed by atoms with Crippen molar-refractivity contribution in [2.75, 3.05) is 6.61 Å². The molecular formula is C10H8BrIOS. The van der Waals surface area contributed by atoms with E-state index in [2.05, 4.69) is 56.7 Å². The van der Waals surface area contributed by atoms with E-state index in [0.29, 0.717) is 6.61 Å². The molecule has 0 aliphatic carbocycles. The van der Waals surface area contributed by atoms with Crippen molar-refractivity contribution in [1.82, 2.24) is 0 Å². The third-order valence-electron chi connectivity index (χ3n) is 1.84. The third-order valence-corrected chi connectivity index (χ3v) is 4.28. The van der Waals surface area contributed by atoms with Crippen molar-refractivity contribution >= 4 is 59.9 Å². The maximum absolute atomic E-state index is 5.54. The number of hydrogen-bond acceptors (Lipinski definition) is 2. The quantitative estimate of drug-likeness (QED) is 0.686. The van der Waals surface area contributed by atoms with Crippen LogP contribution in [0.5, 0.6) is 5.75 Å². The second-order valence-electron chi connectivity index (χ2n) is 2.80. The molecule has 1 aromatic heterocycles. The highest BCUT2D eigenvalue weighted by molar-refractivity contribution is 14.1. The van der Waals surface area contributed by atoms with Gasteiger partial charge in [0.15, 0.2) is 0 Å². The molecule has 0 atom stereocenters. The predicted octanol–water partition coefficient (Wildman–Crippen LogP) is 4.67. The Morgan fingerprint density at radius 3 is 2.93 bits per heavy atom. The van der Waals surface area contributed by atoms with E-state index in [9.17, 15) is 0 Å². The van der Waals surface area contributed by atoms with Gasteiger partial charge in [-0.25, -0.2) is 0 Å². The van der Waals surface area contributed by atoms with Crippen LogP contribution in [0.15, 0.2) is 22.0 Å². The molecule has 0 fully saturated rings. The summed E-state index contributed by atoms with van der Waals surface area (Å²) in [5.74, 6) is 0.978. The Morgan fingerprint density at radius 1 is 1.43 bits per heavy atom. The van der Waals surface area contributed by atoms with Crippen molar-refractivity contribution < 1.29 is 4.74 Å². The summed E-state index contributed by atoms with van der Waals surface area (Å²) in [6.45, 7) is 2.72. The highest BCUT2D eigenvalue weighted by Crippen LogP contribution is 2.34. The fraction of sp³-hybridized carbons (Fsp3) is 0.200. The molecule has 2 aromatic rings. The summed E-state index contributed by atoms with van der Waals surface area (Å²) in [5.41, 5.74) is 0. The fourth-order valence-corrected chi connectivity index (χ4v) is 3.69. The number of benzene rings is 1. The van der Waals surface area contributed by atoms with Crippen molar-refractivity contribution in [3.05, 3.63) is 25.6 Å². The van der Waals surface area contributed by atoms with E-state index < -0.39 is 0 Å². The van der Waals surface area contributed by atoms with E-state index in [4.69, 9.17) is 4.74 Å². The van der Waals surface area contributed by atoms with Crippen molar-refractivity contribution in [1.29, 1.82) is 0 Å². The molecule has 0 unspecified atom stereocenters. The Bertz CT molecular complexity index is 466. The second-order valence-corrected chi connectivity index (χ2v) is 6.43. The van der Waals surface area contributed by atoms with Crippen LogP contribution in [0.2, 0.25) is 0 Å². The largest absolute Gasteiger partial charge is 0.493 e. The summed E-state index contributed by atoms with van der Waals surface area (Å²) in [4.78, 5) is 0. The molecule has 0 amide bonds. The molecule has 0 bridgehead atoms. The van der Waals surface area contributed by atoms with E-state index in [1.165, 1.54) is 13.7 Å². The molecule has 0 aliphatic heterocycles. The van der Waals surface area contributed by atoms with Gasteiger partial charge in [-0.05, 0) is 69.0 Å². The number of rotatable bonds is 2. The molecule has 1 aromatic carbocycles. The van der Waals surface area contributed by atoms with Crippen LogP contribution in [0.3, 0.4) is 0 Å². The van der Waals surface area contributed by atoms with Gasteiger partial charge in [-0.2, -0.15) is 0 Å². The van der Waals surface area contributed by atoms with E-state index in [0.717, 1.165) is 9.54 Å². The van der Waals surface area contributed by atoms with Crippen LogP contribution in [0, 0.1) is 3.57 Å². The fourth-order valence-electron chi connectivity index (χ4n) is 1.27. The van der Waals surface area contributed by atoms with E-state index in [-0.39, 0.29) is 0 Å². The zero-order chi connectivity index (χ0) is 10.1. The Hall–Kier alpha value is 0.190. The Morgan fingerprint density at radius 2 is 2.21 bits per heavy atom. The summed E-state index contributed by atoms with van der Waals surface area (Å²) in [7, 11) is 0. The van der Waals surface area contributed by atoms with Crippen LogP contribution < -0.4 is 4.74 Å². The molecule has 0 aliphatic rings. The molecule has 0 spiro atoms.